The molecule has 2 atom stereocenters. The van der Waals surface area contributed by atoms with Crippen LogP contribution in [0.5, 0.6) is 0 Å². The standard InChI is InChI=1S/C19H33N/c1-7-12-20-18(13-16(3)19(4,5)6)14-17-10-8-15(2)9-11-17/h8-11,16,18,20H,7,12-14H2,1-6H3. The molecular weight excluding hydrogens is 242 g/mol. The minimum absolute atomic E-state index is 0.388. The molecule has 2 unspecified atom stereocenters. The molecule has 0 radical (unpaired) electrons. The highest BCUT2D eigenvalue weighted by molar-refractivity contribution is 5.22. The van der Waals surface area contributed by atoms with Gasteiger partial charge in [-0.1, -0.05) is 64.4 Å². The first-order valence-corrected chi connectivity index (χ1v) is 8.12. The Labute approximate surface area is 126 Å². The number of rotatable bonds is 7. The second-order valence-electron chi connectivity index (χ2n) is 7.34. The highest BCUT2D eigenvalue weighted by Gasteiger charge is 2.23. The third-order valence-corrected chi connectivity index (χ3v) is 4.40. The molecule has 0 heterocycles. The topological polar surface area (TPSA) is 12.0 Å². The van der Waals surface area contributed by atoms with Crippen LogP contribution >= 0.6 is 0 Å². The third-order valence-electron chi connectivity index (χ3n) is 4.40. The predicted molar refractivity (Wildman–Crippen MR) is 90.2 cm³/mol. The maximum Gasteiger partial charge on any atom is 0.0110 e. The highest BCUT2D eigenvalue weighted by Crippen LogP contribution is 2.29. The fourth-order valence-electron chi connectivity index (χ4n) is 2.38. The van der Waals surface area contributed by atoms with Gasteiger partial charge in [-0.15, -0.1) is 0 Å². The molecule has 1 heteroatoms. The molecule has 1 nitrogen and oxygen atoms in total. The first kappa shape index (κ1) is 17.2. The van der Waals surface area contributed by atoms with Gasteiger partial charge in [0, 0.05) is 6.04 Å². The smallest absolute Gasteiger partial charge is 0.0110 e. The van der Waals surface area contributed by atoms with Crippen LogP contribution in [0.15, 0.2) is 24.3 Å². The summed E-state index contributed by atoms with van der Waals surface area (Å²) in [6, 6.07) is 9.58. The Morgan fingerprint density at radius 3 is 2.20 bits per heavy atom. The van der Waals surface area contributed by atoms with Crippen LogP contribution in [0, 0.1) is 18.3 Å². The SMILES string of the molecule is CCCNC(Cc1ccc(C)cc1)CC(C)C(C)(C)C. The number of hydrogen-bond acceptors (Lipinski definition) is 1. The molecule has 0 saturated heterocycles. The van der Waals surface area contributed by atoms with Crippen LogP contribution in [0.2, 0.25) is 0 Å². The van der Waals surface area contributed by atoms with Crippen molar-refractivity contribution in [2.75, 3.05) is 6.54 Å². The molecule has 0 aliphatic heterocycles. The summed E-state index contributed by atoms with van der Waals surface area (Å²) >= 11 is 0. The zero-order valence-electron chi connectivity index (χ0n) is 14.3. The van der Waals surface area contributed by atoms with Crippen molar-refractivity contribution < 1.29 is 0 Å². The van der Waals surface area contributed by atoms with Gasteiger partial charge >= 0.3 is 0 Å². The Bertz CT molecular complexity index is 372. The Hall–Kier alpha value is -0.820. The van der Waals surface area contributed by atoms with Crippen LogP contribution in [0.3, 0.4) is 0 Å². The minimum Gasteiger partial charge on any atom is -0.314 e. The van der Waals surface area contributed by atoms with Crippen LogP contribution in [0.1, 0.15) is 58.6 Å². The van der Waals surface area contributed by atoms with Gasteiger partial charge in [-0.2, -0.15) is 0 Å². The zero-order valence-corrected chi connectivity index (χ0v) is 14.3. The van der Waals surface area contributed by atoms with E-state index >= 15 is 0 Å². The van der Waals surface area contributed by atoms with E-state index in [4.69, 9.17) is 0 Å². The van der Waals surface area contributed by atoms with E-state index in [1.807, 2.05) is 0 Å². The monoisotopic (exact) mass is 275 g/mol. The third kappa shape index (κ3) is 6.09. The molecule has 1 rings (SSSR count). The summed E-state index contributed by atoms with van der Waals surface area (Å²) in [5, 5.41) is 3.74. The van der Waals surface area contributed by atoms with Crippen molar-refractivity contribution in [2.24, 2.45) is 11.3 Å². The number of aryl methyl sites for hydroxylation is 1. The molecule has 114 valence electrons. The molecule has 1 aromatic rings. The molecule has 0 fully saturated rings. The summed E-state index contributed by atoms with van der Waals surface area (Å²) in [6.45, 7) is 14.9. The summed E-state index contributed by atoms with van der Waals surface area (Å²) in [6.07, 6.45) is 3.59. The van der Waals surface area contributed by atoms with Gasteiger partial charge in [-0.3, -0.25) is 0 Å². The first-order valence-electron chi connectivity index (χ1n) is 8.12. The molecule has 0 saturated carbocycles. The van der Waals surface area contributed by atoms with E-state index in [1.165, 1.54) is 24.0 Å². The lowest BCUT2D eigenvalue weighted by Crippen LogP contribution is -2.35. The normalized spacial score (nSPS) is 15.1. The van der Waals surface area contributed by atoms with Gasteiger partial charge in [0.25, 0.3) is 0 Å². The van der Waals surface area contributed by atoms with Crippen LogP contribution in [-0.2, 0) is 6.42 Å². The van der Waals surface area contributed by atoms with E-state index in [0.29, 0.717) is 11.5 Å². The van der Waals surface area contributed by atoms with E-state index in [0.717, 1.165) is 18.9 Å². The van der Waals surface area contributed by atoms with Crippen molar-refractivity contribution in [2.45, 2.75) is 66.8 Å². The summed E-state index contributed by atoms with van der Waals surface area (Å²) in [5.41, 5.74) is 3.18. The van der Waals surface area contributed by atoms with Gasteiger partial charge in [0.2, 0.25) is 0 Å². The summed E-state index contributed by atoms with van der Waals surface area (Å²) in [4.78, 5) is 0. The van der Waals surface area contributed by atoms with E-state index in [1.54, 1.807) is 0 Å². The van der Waals surface area contributed by atoms with Gasteiger partial charge in [0.05, 0.1) is 0 Å². The molecule has 0 bridgehead atoms. The average molecular weight is 275 g/mol. The van der Waals surface area contributed by atoms with Gasteiger partial charge in [0.15, 0.2) is 0 Å². The molecule has 1 aromatic carbocycles. The van der Waals surface area contributed by atoms with Crippen molar-refractivity contribution in [3.8, 4) is 0 Å². The Morgan fingerprint density at radius 1 is 1.10 bits per heavy atom. The van der Waals surface area contributed by atoms with Gasteiger partial charge in [-0.25, -0.2) is 0 Å². The quantitative estimate of drug-likeness (QED) is 0.740. The number of nitrogens with one attached hydrogen (secondary N) is 1. The number of hydrogen-bond donors (Lipinski definition) is 1. The van der Waals surface area contributed by atoms with Crippen molar-refractivity contribution in [3.05, 3.63) is 35.4 Å². The first-order chi connectivity index (χ1) is 9.32. The lowest BCUT2D eigenvalue weighted by molar-refractivity contribution is 0.222. The molecule has 0 aliphatic carbocycles. The van der Waals surface area contributed by atoms with Gasteiger partial charge in [0.1, 0.15) is 0 Å². The minimum atomic E-state index is 0.388. The van der Waals surface area contributed by atoms with Gasteiger partial charge < -0.3 is 5.32 Å². The number of benzene rings is 1. The highest BCUT2D eigenvalue weighted by atomic mass is 14.9. The molecule has 0 aliphatic rings. The van der Waals surface area contributed by atoms with Crippen LogP contribution in [-0.4, -0.2) is 12.6 Å². The van der Waals surface area contributed by atoms with Crippen molar-refractivity contribution >= 4 is 0 Å². The Balaban J connectivity index is 2.66. The maximum absolute atomic E-state index is 3.74. The largest absolute Gasteiger partial charge is 0.314 e. The average Bonchev–Trinajstić information content (AvgIpc) is 2.37. The molecule has 0 aromatic heterocycles. The van der Waals surface area contributed by atoms with Crippen molar-refractivity contribution in [3.63, 3.8) is 0 Å². The van der Waals surface area contributed by atoms with Gasteiger partial charge in [-0.05, 0) is 49.6 Å². The Morgan fingerprint density at radius 2 is 1.70 bits per heavy atom. The van der Waals surface area contributed by atoms with E-state index in [-0.39, 0.29) is 0 Å². The predicted octanol–water partition coefficient (Wildman–Crippen LogP) is 4.98. The van der Waals surface area contributed by atoms with E-state index < -0.39 is 0 Å². The van der Waals surface area contributed by atoms with Crippen LogP contribution in [0.25, 0.3) is 0 Å². The molecule has 0 amide bonds. The van der Waals surface area contributed by atoms with Crippen molar-refractivity contribution in [1.82, 2.24) is 5.32 Å². The van der Waals surface area contributed by atoms with E-state index in [2.05, 4.69) is 71.1 Å². The fourth-order valence-corrected chi connectivity index (χ4v) is 2.38. The maximum atomic E-state index is 3.74. The van der Waals surface area contributed by atoms with Crippen LogP contribution < -0.4 is 5.32 Å². The molecular formula is C19H33N. The summed E-state index contributed by atoms with van der Waals surface area (Å²) in [5.74, 6) is 0.724. The van der Waals surface area contributed by atoms with Crippen LogP contribution in [0.4, 0.5) is 0 Å². The molecule has 0 spiro atoms. The zero-order chi connectivity index (χ0) is 15.2. The lowest BCUT2D eigenvalue weighted by atomic mass is 9.78. The molecule has 1 N–H and O–H groups in total. The lowest BCUT2D eigenvalue weighted by Gasteiger charge is -2.31. The fraction of sp³-hybridized carbons (Fsp3) is 0.684. The second kappa shape index (κ2) is 7.83. The summed E-state index contributed by atoms with van der Waals surface area (Å²) < 4.78 is 0. The Kier molecular flexibility index (Phi) is 6.75. The second-order valence-corrected chi connectivity index (χ2v) is 7.34. The molecule has 20 heavy (non-hydrogen) atoms. The van der Waals surface area contributed by atoms with E-state index in [9.17, 15) is 0 Å². The summed E-state index contributed by atoms with van der Waals surface area (Å²) in [7, 11) is 0. The van der Waals surface area contributed by atoms with Crippen molar-refractivity contribution in [1.29, 1.82) is 0 Å².